The molecular weight excluding hydrogens is 827 g/mol. The van der Waals surface area contributed by atoms with Crippen molar-refractivity contribution < 1.29 is 47.7 Å². The molecule has 1 aromatic carbocycles. The standard InChI is InChI=1S/C38H59N15O10/c39-38(40)44-12-4-8-28-36(58)46-23-33(55)45-24-35(57)48-29(22-27-6-2-1-3-7-27)30-26-53(52-50-30)31(37(59)49-28)9-5-11-42-32(54)10-14-60-16-18-62-20-21-63-19-17-61-15-13-43-34(56)25-47-51-41/h1-3,6-7,26,28-29,31H,4-5,8-25H2,(H,42,54)(H,43,56)(H,45,55)(H,46,58)(H,48,57)(H,49,59)(H4,39,40,44)/t28-,29-,31?/m0/s1. The van der Waals surface area contributed by atoms with Crippen molar-refractivity contribution in [2.24, 2.45) is 10.8 Å². The normalized spacial score (nSPS) is 17.0. The van der Waals surface area contributed by atoms with E-state index in [2.05, 4.69) is 57.6 Å². The number of hydrogen-bond donors (Lipinski definition) is 9. The lowest BCUT2D eigenvalue weighted by atomic mass is 10.0. The maximum absolute atomic E-state index is 14.0. The van der Waals surface area contributed by atoms with Crippen LogP contribution in [0.2, 0.25) is 0 Å². The summed E-state index contributed by atoms with van der Waals surface area (Å²) in [5, 5.41) is 37.8. The molecule has 0 spiro atoms. The Bertz CT molecular complexity index is 1790. The number of nitrogens with zero attached hydrogens (tertiary/aromatic N) is 6. The van der Waals surface area contributed by atoms with Crippen LogP contribution in [0, 0.1) is 5.41 Å². The van der Waals surface area contributed by atoms with Crippen molar-refractivity contribution >= 4 is 41.4 Å². The van der Waals surface area contributed by atoms with E-state index in [9.17, 15) is 28.8 Å². The summed E-state index contributed by atoms with van der Waals surface area (Å²) in [4.78, 5) is 79.2. The van der Waals surface area contributed by atoms with Crippen molar-refractivity contribution in [3.05, 3.63) is 58.2 Å². The molecule has 0 fully saturated rings. The summed E-state index contributed by atoms with van der Waals surface area (Å²) in [7, 11) is 0. The summed E-state index contributed by atoms with van der Waals surface area (Å²) in [5.41, 5.74) is 14.8. The highest BCUT2D eigenvalue weighted by atomic mass is 16.6. The van der Waals surface area contributed by atoms with Crippen LogP contribution in [0.15, 0.2) is 41.6 Å². The second-order valence-corrected chi connectivity index (χ2v) is 13.9. The number of benzene rings is 1. The molecular formula is C38H59N15O10. The molecule has 1 aromatic heterocycles. The van der Waals surface area contributed by atoms with Gasteiger partial charge in [0.2, 0.25) is 35.4 Å². The monoisotopic (exact) mass is 885 g/mol. The number of fused-ring (bicyclic) bond motifs is 2. The van der Waals surface area contributed by atoms with Gasteiger partial charge in [-0.3, -0.25) is 34.2 Å². The molecule has 0 saturated heterocycles. The molecule has 3 atom stereocenters. The molecule has 25 nitrogen and oxygen atoms in total. The maximum atomic E-state index is 14.0. The fraction of sp³-hybridized carbons (Fsp3) is 0.605. The number of aromatic nitrogens is 3. The lowest BCUT2D eigenvalue weighted by molar-refractivity contribution is -0.132. The molecule has 1 unspecified atom stereocenters. The Labute approximate surface area is 364 Å². The average molecular weight is 886 g/mol. The Balaban J connectivity index is 1.48. The van der Waals surface area contributed by atoms with E-state index in [1.165, 1.54) is 4.68 Å². The molecule has 0 saturated carbocycles. The second kappa shape index (κ2) is 30.6. The third kappa shape index (κ3) is 22.3. The van der Waals surface area contributed by atoms with E-state index in [1.807, 2.05) is 30.3 Å². The molecule has 2 bridgehead atoms. The number of amides is 6. The molecule has 0 aliphatic carbocycles. The summed E-state index contributed by atoms with van der Waals surface area (Å²) in [6.45, 7) is 2.10. The van der Waals surface area contributed by atoms with Crippen LogP contribution in [-0.2, 0) is 54.1 Å². The number of nitrogens with two attached hydrogens (primary N) is 1. The van der Waals surface area contributed by atoms with Gasteiger partial charge in [0.1, 0.15) is 24.3 Å². The van der Waals surface area contributed by atoms with Gasteiger partial charge in [-0.1, -0.05) is 40.7 Å². The van der Waals surface area contributed by atoms with Crippen LogP contribution >= 0.6 is 0 Å². The number of rotatable bonds is 27. The Hall–Kier alpha value is -6.40. The fourth-order valence-corrected chi connectivity index (χ4v) is 5.86. The molecule has 25 heteroatoms. The molecule has 1 aliphatic heterocycles. The highest BCUT2D eigenvalue weighted by Gasteiger charge is 2.29. The van der Waals surface area contributed by atoms with Gasteiger partial charge in [0, 0.05) is 31.0 Å². The summed E-state index contributed by atoms with van der Waals surface area (Å²) in [6.07, 6.45) is 2.99. The van der Waals surface area contributed by atoms with Crippen molar-refractivity contribution in [2.75, 3.05) is 92.1 Å². The van der Waals surface area contributed by atoms with Crippen LogP contribution < -0.4 is 43.0 Å². The Morgan fingerprint density at radius 2 is 1.43 bits per heavy atom. The molecule has 6 amide bonds. The zero-order valence-electron chi connectivity index (χ0n) is 35.2. The Morgan fingerprint density at radius 1 is 0.794 bits per heavy atom. The first-order chi connectivity index (χ1) is 30.5. The molecule has 3 rings (SSSR count). The van der Waals surface area contributed by atoms with Gasteiger partial charge >= 0.3 is 0 Å². The van der Waals surface area contributed by atoms with Gasteiger partial charge in [-0.25, -0.2) is 4.68 Å². The minimum Gasteiger partial charge on any atom is -0.379 e. The van der Waals surface area contributed by atoms with Gasteiger partial charge in [0.15, 0.2) is 5.96 Å². The minimum atomic E-state index is -1.08. The molecule has 0 radical (unpaired) electrons. The average Bonchev–Trinajstić information content (AvgIpc) is 3.76. The molecule has 2 heterocycles. The van der Waals surface area contributed by atoms with E-state index in [0.29, 0.717) is 64.6 Å². The largest absolute Gasteiger partial charge is 0.379 e. The number of carbonyl (C=O) groups excluding carboxylic acids is 6. The van der Waals surface area contributed by atoms with Crippen molar-refractivity contribution in [3.8, 4) is 0 Å². The summed E-state index contributed by atoms with van der Waals surface area (Å²) < 4.78 is 23.1. The van der Waals surface area contributed by atoms with Gasteiger partial charge in [-0.2, -0.15) is 0 Å². The van der Waals surface area contributed by atoms with Crippen LogP contribution in [-0.4, -0.2) is 155 Å². The maximum Gasteiger partial charge on any atom is 0.245 e. The number of azide groups is 1. The van der Waals surface area contributed by atoms with E-state index in [0.717, 1.165) is 5.56 Å². The number of guanidine groups is 1. The van der Waals surface area contributed by atoms with E-state index in [-0.39, 0.29) is 83.0 Å². The van der Waals surface area contributed by atoms with E-state index >= 15 is 0 Å². The van der Waals surface area contributed by atoms with Crippen LogP contribution in [0.3, 0.4) is 0 Å². The Morgan fingerprint density at radius 3 is 2.13 bits per heavy atom. The third-order valence-corrected chi connectivity index (χ3v) is 9.02. The minimum absolute atomic E-state index is 0.0960. The third-order valence-electron chi connectivity index (χ3n) is 9.02. The highest BCUT2D eigenvalue weighted by Crippen LogP contribution is 2.20. The molecule has 10 N–H and O–H groups in total. The zero-order valence-corrected chi connectivity index (χ0v) is 35.2. The van der Waals surface area contributed by atoms with Crippen LogP contribution in [0.4, 0.5) is 0 Å². The first-order valence-electron chi connectivity index (χ1n) is 20.6. The lowest BCUT2D eigenvalue weighted by Crippen LogP contribution is -2.51. The fourth-order valence-electron chi connectivity index (χ4n) is 5.86. The predicted octanol–water partition coefficient (Wildman–Crippen LogP) is -2.01. The summed E-state index contributed by atoms with van der Waals surface area (Å²) in [5.74, 6) is -3.19. The highest BCUT2D eigenvalue weighted by molar-refractivity contribution is 5.92. The number of ether oxygens (including phenoxy) is 4. The topological polar surface area (TPSA) is 353 Å². The van der Waals surface area contributed by atoms with Crippen molar-refractivity contribution in [1.29, 1.82) is 5.41 Å². The number of nitrogens with one attached hydrogen (secondary N) is 8. The van der Waals surface area contributed by atoms with E-state index in [1.54, 1.807) is 6.20 Å². The Kier molecular flexibility index (Phi) is 24.7. The predicted molar refractivity (Wildman–Crippen MR) is 224 cm³/mol. The summed E-state index contributed by atoms with van der Waals surface area (Å²) in [6, 6.07) is 6.66. The van der Waals surface area contributed by atoms with Crippen molar-refractivity contribution in [2.45, 2.75) is 56.7 Å². The second-order valence-electron chi connectivity index (χ2n) is 13.9. The quantitative estimate of drug-likeness (QED) is 0.0117. The van der Waals surface area contributed by atoms with Gasteiger partial charge in [0.05, 0.1) is 78.2 Å². The SMILES string of the molecule is [N-]=[N+]=NCC(=O)NCCOCCOCCOCCOCCC(=O)NCCCC1C(=O)N[C@@H](CCCNC(=N)N)C(=O)NCC(=O)NCC(=O)N[C@@H](Cc2ccccc2)c2cn1nn2. The first-order valence-corrected chi connectivity index (χ1v) is 20.6. The van der Waals surface area contributed by atoms with Crippen molar-refractivity contribution in [3.63, 3.8) is 0 Å². The molecule has 63 heavy (non-hydrogen) atoms. The molecule has 346 valence electrons. The van der Waals surface area contributed by atoms with Crippen LogP contribution in [0.5, 0.6) is 0 Å². The van der Waals surface area contributed by atoms with Crippen LogP contribution in [0.1, 0.15) is 55.4 Å². The number of hydrogen-bond acceptors (Lipinski definition) is 14. The van der Waals surface area contributed by atoms with Gasteiger partial charge in [-0.15, -0.1) is 5.10 Å². The van der Waals surface area contributed by atoms with Gasteiger partial charge < -0.3 is 61.9 Å². The molecule has 2 aromatic rings. The van der Waals surface area contributed by atoms with Gasteiger partial charge in [-0.05, 0) is 43.2 Å². The molecule has 1 aliphatic rings. The van der Waals surface area contributed by atoms with Crippen LogP contribution in [0.25, 0.3) is 10.4 Å². The summed E-state index contributed by atoms with van der Waals surface area (Å²) >= 11 is 0. The number of carbonyl (C=O) groups is 6. The van der Waals surface area contributed by atoms with E-state index < -0.39 is 48.3 Å². The smallest absolute Gasteiger partial charge is 0.245 e. The first kappa shape index (κ1) is 51.0. The lowest BCUT2D eigenvalue weighted by Gasteiger charge is -2.23. The van der Waals surface area contributed by atoms with E-state index in [4.69, 9.17) is 35.6 Å². The van der Waals surface area contributed by atoms with Crippen molar-refractivity contribution in [1.82, 2.24) is 52.2 Å². The van der Waals surface area contributed by atoms with Gasteiger partial charge in [0.25, 0.3) is 0 Å². The zero-order chi connectivity index (χ0) is 45.5.